The number of carboxylic acids is 1. The Morgan fingerprint density at radius 3 is 2.26 bits per heavy atom. The number of fused-ring (bicyclic) bond motifs is 1. The number of aromatic nitrogens is 3. The molecule has 0 saturated carbocycles. The molecule has 4 rings (SSSR count). The SMILES string of the molecule is CC[C@]1(N)C[C@H](c2ncc(N(C)C)c(Cc3cc(C(F)(F)F)cc(C(F)(F)F)c3)n2)c2nc(OC)ccc2N1C(=O)OCCC(=O)O. The summed E-state index contributed by atoms with van der Waals surface area (Å²) in [6, 6.07) is 4.34. The first kappa shape index (κ1) is 35.2. The van der Waals surface area contributed by atoms with Crippen molar-refractivity contribution in [3.63, 3.8) is 0 Å². The van der Waals surface area contributed by atoms with Gasteiger partial charge in [-0.25, -0.2) is 19.7 Å². The van der Waals surface area contributed by atoms with E-state index in [9.17, 15) is 35.9 Å². The quantitative estimate of drug-likeness (QED) is 0.277. The summed E-state index contributed by atoms with van der Waals surface area (Å²) in [5, 5.41) is 8.96. The summed E-state index contributed by atoms with van der Waals surface area (Å²) in [6.07, 6.45) is -10.3. The molecule has 2 atom stereocenters. The number of rotatable bonds is 9. The Morgan fingerprint density at radius 2 is 1.72 bits per heavy atom. The number of nitrogens with zero attached hydrogens (tertiary/aromatic N) is 5. The molecule has 17 heteroatoms. The van der Waals surface area contributed by atoms with Gasteiger partial charge in [0.2, 0.25) is 5.88 Å². The number of hydrogen-bond acceptors (Lipinski definition) is 9. The number of carbonyl (C=O) groups is 2. The summed E-state index contributed by atoms with van der Waals surface area (Å²) < 4.78 is 92.1. The second-order valence-corrected chi connectivity index (χ2v) is 11.1. The van der Waals surface area contributed by atoms with Crippen LogP contribution in [0.2, 0.25) is 0 Å². The lowest BCUT2D eigenvalue weighted by Gasteiger charge is -2.46. The highest BCUT2D eigenvalue weighted by atomic mass is 19.4. The van der Waals surface area contributed by atoms with Crippen LogP contribution in [0.3, 0.4) is 0 Å². The molecule has 1 amide bonds. The number of methoxy groups -OCH3 is 1. The van der Waals surface area contributed by atoms with Gasteiger partial charge in [0.05, 0.1) is 59.5 Å². The van der Waals surface area contributed by atoms with Crippen molar-refractivity contribution in [2.75, 3.05) is 37.6 Å². The highest BCUT2D eigenvalue weighted by molar-refractivity contribution is 5.91. The van der Waals surface area contributed by atoms with E-state index in [1.54, 1.807) is 25.9 Å². The molecule has 3 aromatic rings. The summed E-state index contributed by atoms with van der Waals surface area (Å²) in [4.78, 5) is 40.6. The molecule has 47 heavy (non-hydrogen) atoms. The number of hydrogen-bond donors (Lipinski definition) is 2. The molecule has 0 fully saturated rings. The highest BCUT2D eigenvalue weighted by Crippen LogP contribution is 2.46. The van der Waals surface area contributed by atoms with E-state index in [0.717, 1.165) is 0 Å². The van der Waals surface area contributed by atoms with Gasteiger partial charge in [-0.2, -0.15) is 26.3 Å². The zero-order valence-corrected chi connectivity index (χ0v) is 25.7. The summed E-state index contributed by atoms with van der Waals surface area (Å²) in [5.41, 5.74) is 3.06. The fourth-order valence-electron chi connectivity index (χ4n) is 5.29. The average Bonchev–Trinajstić information content (AvgIpc) is 2.99. The van der Waals surface area contributed by atoms with Gasteiger partial charge in [-0.1, -0.05) is 6.92 Å². The monoisotopic (exact) mass is 670 g/mol. The largest absolute Gasteiger partial charge is 0.481 e. The third-order valence-corrected chi connectivity index (χ3v) is 7.67. The van der Waals surface area contributed by atoms with Crippen molar-refractivity contribution >= 4 is 23.4 Å². The van der Waals surface area contributed by atoms with Crippen LogP contribution in [0.4, 0.5) is 42.5 Å². The molecule has 1 aromatic carbocycles. The third-order valence-electron chi connectivity index (χ3n) is 7.67. The molecule has 0 saturated heterocycles. The molecule has 3 heterocycles. The summed E-state index contributed by atoms with van der Waals surface area (Å²) in [6.45, 7) is 1.29. The van der Waals surface area contributed by atoms with E-state index in [1.165, 1.54) is 30.3 Å². The number of carbonyl (C=O) groups excluding carboxylic acids is 1. The molecular weight excluding hydrogens is 638 g/mol. The lowest BCUT2D eigenvalue weighted by Crippen LogP contribution is -2.62. The smallest absolute Gasteiger partial charge is 0.416 e. The van der Waals surface area contributed by atoms with Crippen LogP contribution in [0, 0.1) is 0 Å². The zero-order chi connectivity index (χ0) is 34.9. The number of aliphatic carboxylic acids is 1. The van der Waals surface area contributed by atoms with Crippen molar-refractivity contribution in [1.29, 1.82) is 0 Å². The highest BCUT2D eigenvalue weighted by Gasteiger charge is 2.47. The fraction of sp³-hybridized carbons (Fsp3) is 0.433. The number of pyridine rings is 1. The van der Waals surface area contributed by atoms with Crippen LogP contribution in [0.15, 0.2) is 36.5 Å². The van der Waals surface area contributed by atoms with Crippen LogP contribution in [0.1, 0.15) is 66.0 Å². The van der Waals surface area contributed by atoms with Crippen molar-refractivity contribution in [2.24, 2.45) is 5.73 Å². The van der Waals surface area contributed by atoms with Crippen molar-refractivity contribution < 1.29 is 50.5 Å². The van der Waals surface area contributed by atoms with Gasteiger partial charge in [-0.15, -0.1) is 0 Å². The first-order valence-corrected chi connectivity index (χ1v) is 14.2. The summed E-state index contributed by atoms with van der Waals surface area (Å²) >= 11 is 0. The minimum absolute atomic E-state index is 0.0345. The van der Waals surface area contributed by atoms with Gasteiger partial charge in [0.15, 0.2) is 0 Å². The number of amides is 1. The maximum Gasteiger partial charge on any atom is 0.416 e. The van der Waals surface area contributed by atoms with Crippen LogP contribution in [-0.4, -0.2) is 65.6 Å². The first-order chi connectivity index (χ1) is 21.9. The van der Waals surface area contributed by atoms with E-state index >= 15 is 0 Å². The molecular formula is C30H32F6N6O5. The fourth-order valence-corrected chi connectivity index (χ4v) is 5.29. The van der Waals surface area contributed by atoms with Gasteiger partial charge in [-0.05, 0) is 42.7 Å². The predicted molar refractivity (Wildman–Crippen MR) is 156 cm³/mol. The summed E-state index contributed by atoms with van der Waals surface area (Å²) in [7, 11) is 4.61. The summed E-state index contributed by atoms with van der Waals surface area (Å²) in [5.74, 6) is -1.75. The molecule has 0 radical (unpaired) electrons. The van der Waals surface area contributed by atoms with Crippen molar-refractivity contribution in [1.82, 2.24) is 15.0 Å². The van der Waals surface area contributed by atoms with Crippen LogP contribution in [0.5, 0.6) is 5.88 Å². The van der Waals surface area contributed by atoms with Gasteiger partial charge in [0, 0.05) is 26.6 Å². The van der Waals surface area contributed by atoms with Gasteiger partial charge >= 0.3 is 24.4 Å². The number of ether oxygens (including phenoxy) is 2. The molecule has 0 spiro atoms. The molecule has 1 aliphatic heterocycles. The Kier molecular flexibility index (Phi) is 9.89. The molecule has 0 bridgehead atoms. The number of halogens is 6. The van der Waals surface area contributed by atoms with Gasteiger partial charge in [-0.3, -0.25) is 9.69 Å². The van der Waals surface area contributed by atoms with Crippen LogP contribution < -0.4 is 20.3 Å². The molecule has 11 nitrogen and oxygen atoms in total. The minimum Gasteiger partial charge on any atom is -0.481 e. The van der Waals surface area contributed by atoms with E-state index in [-0.39, 0.29) is 53.3 Å². The zero-order valence-electron chi connectivity index (χ0n) is 25.7. The van der Waals surface area contributed by atoms with Gasteiger partial charge in [0.25, 0.3) is 0 Å². The number of benzene rings is 1. The van der Waals surface area contributed by atoms with Crippen molar-refractivity contribution in [3.05, 3.63) is 70.4 Å². The second kappa shape index (κ2) is 13.2. The lowest BCUT2D eigenvalue weighted by atomic mass is 9.83. The van der Waals surface area contributed by atoms with E-state index in [0.29, 0.717) is 17.8 Å². The van der Waals surface area contributed by atoms with Crippen molar-refractivity contribution in [3.8, 4) is 5.88 Å². The third kappa shape index (κ3) is 7.66. The number of nitrogens with two attached hydrogens (primary N) is 1. The molecule has 2 aromatic heterocycles. The topological polar surface area (TPSA) is 144 Å². The minimum atomic E-state index is -5.03. The molecule has 1 aliphatic rings. The van der Waals surface area contributed by atoms with Crippen LogP contribution in [0.25, 0.3) is 0 Å². The molecule has 254 valence electrons. The molecule has 0 aliphatic carbocycles. The van der Waals surface area contributed by atoms with E-state index in [1.807, 2.05) is 0 Å². The Balaban J connectivity index is 1.85. The standard InChI is InChI=1S/C30H32F6N6O5/c1-5-28(37)14-19(25-21(6-7-23(40-25)46-4)42(28)27(45)47-9-8-24(43)44)26-38-15-22(41(2)3)20(39-26)12-16-10-17(29(31,32)33)13-18(11-16)30(34,35)36/h6-7,10-11,13,15,19H,5,8-9,12,14,37H2,1-4H3,(H,43,44)/t19-,28+/m0/s1. The molecule has 3 N–H and O–H groups in total. The molecule has 0 unspecified atom stereocenters. The van der Waals surface area contributed by atoms with E-state index < -0.39 is 66.6 Å². The number of alkyl halides is 6. The predicted octanol–water partition coefficient (Wildman–Crippen LogP) is 5.59. The normalized spacial score (nSPS) is 18.0. The van der Waals surface area contributed by atoms with Gasteiger partial charge in [0.1, 0.15) is 18.1 Å². The Bertz CT molecular complexity index is 1620. The second-order valence-electron chi connectivity index (χ2n) is 11.1. The van der Waals surface area contributed by atoms with Crippen LogP contribution in [-0.2, 0) is 28.3 Å². The van der Waals surface area contributed by atoms with Crippen molar-refractivity contribution in [2.45, 2.75) is 56.5 Å². The maximum absolute atomic E-state index is 13.6. The van der Waals surface area contributed by atoms with E-state index in [2.05, 4.69) is 15.0 Å². The maximum atomic E-state index is 13.6. The van der Waals surface area contributed by atoms with Gasteiger partial charge < -0.3 is 25.2 Å². The Hall–Kier alpha value is -4.67. The first-order valence-electron chi connectivity index (χ1n) is 14.2. The Labute approximate surface area is 265 Å². The number of anilines is 2. The lowest BCUT2D eigenvalue weighted by molar-refractivity contribution is -0.143. The van der Waals surface area contributed by atoms with Crippen LogP contribution >= 0.6 is 0 Å². The average molecular weight is 671 g/mol. The number of carboxylic acid groups (broad SMARTS) is 1. The Morgan fingerprint density at radius 1 is 1.09 bits per heavy atom. The van der Waals surface area contributed by atoms with E-state index in [4.69, 9.17) is 20.3 Å².